The molecule has 3 rings (SSSR count). The van der Waals surface area contributed by atoms with Crippen LogP contribution in [0.3, 0.4) is 0 Å². The maximum atomic E-state index is 13.1. The van der Waals surface area contributed by atoms with E-state index in [1.165, 1.54) is 12.3 Å². The number of amides is 2. The molecule has 2 N–H and O–H groups in total. The molecule has 0 unspecified atom stereocenters. The number of benzene rings is 3. The lowest BCUT2D eigenvalue weighted by Crippen LogP contribution is -2.50. The van der Waals surface area contributed by atoms with E-state index in [9.17, 15) is 9.59 Å². The topological polar surface area (TPSA) is 89.0 Å². The third kappa shape index (κ3) is 9.08. The fourth-order valence-corrected chi connectivity index (χ4v) is 3.83. The summed E-state index contributed by atoms with van der Waals surface area (Å²) in [5, 5.41) is 7.61. The zero-order valence-electron chi connectivity index (χ0n) is 21.5. The van der Waals surface area contributed by atoms with E-state index in [1.807, 2.05) is 54.6 Å². The summed E-state index contributed by atoms with van der Waals surface area (Å²) in [5.74, 6) is 0.384. The van der Waals surface area contributed by atoms with Crippen molar-refractivity contribution in [3.63, 3.8) is 0 Å². The molecule has 2 amide bonds. The van der Waals surface area contributed by atoms with Crippen molar-refractivity contribution in [2.45, 2.75) is 39.3 Å². The highest BCUT2D eigenvalue weighted by Crippen LogP contribution is 2.28. The smallest absolute Gasteiger partial charge is 0.262 e. The number of hydrazone groups is 1. The van der Waals surface area contributed by atoms with Crippen LogP contribution in [0.1, 0.15) is 31.9 Å². The quantitative estimate of drug-likeness (QED) is 0.222. The predicted octanol–water partition coefficient (Wildman–Crippen LogP) is 5.67. The number of carbonyl (C=O) groups excluding carboxylic acids is 2. The van der Waals surface area contributed by atoms with Crippen molar-refractivity contribution in [2.75, 3.05) is 6.61 Å². The van der Waals surface area contributed by atoms with Gasteiger partial charge in [0.15, 0.2) is 6.10 Å². The Balaban J connectivity index is 1.69. The lowest BCUT2D eigenvalue weighted by Gasteiger charge is -2.21. The van der Waals surface area contributed by atoms with E-state index in [0.29, 0.717) is 29.0 Å². The summed E-state index contributed by atoms with van der Waals surface area (Å²) in [6, 6.07) is 20.6. The summed E-state index contributed by atoms with van der Waals surface area (Å²) >= 11 is 12.1. The number of ether oxygens (including phenoxy) is 2. The van der Waals surface area contributed by atoms with E-state index in [1.54, 1.807) is 19.1 Å². The van der Waals surface area contributed by atoms with Crippen molar-refractivity contribution in [1.82, 2.24) is 10.7 Å². The number of hydrogen-bond acceptors (Lipinski definition) is 5. The van der Waals surface area contributed by atoms with Gasteiger partial charge in [0.05, 0.1) is 17.8 Å². The minimum atomic E-state index is -0.923. The zero-order valence-corrected chi connectivity index (χ0v) is 23.0. The van der Waals surface area contributed by atoms with Crippen molar-refractivity contribution in [2.24, 2.45) is 11.0 Å². The lowest BCUT2D eigenvalue weighted by molar-refractivity contribution is -0.132. The Morgan fingerprint density at radius 2 is 1.63 bits per heavy atom. The predicted molar refractivity (Wildman–Crippen MR) is 151 cm³/mol. The molecular formula is C29H31Cl2N3O4. The van der Waals surface area contributed by atoms with Crippen LogP contribution in [-0.2, 0) is 16.0 Å². The van der Waals surface area contributed by atoms with Crippen LogP contribution >= 0.6 is 23.2 Å². The number of nitrogens with one attached hydrogen (secondary N) is 2. The van der Waals surface area contributed by atoms with Crippen LogP contribution in [0, 0.1) is 5.92 Å². The minimum absolute atomic E-state index is 0.260. The van der Waals surface area contributed by atoms with Crippen LogP contribution in [0.2, 0.25) is 10.0 Å². The van der Waals surface area contributed by atoms with Gasteiger partial charge in [0.1, 0.15) is 17.5 Å². The van der Waals surface area contributed by atoms with E-state index < -0.39 is 24.0 Å². The molecule has 0 bridgehead atoms. The first-order chi connectivity index (χ1) is 18.2. The van der Waals surface area contributed by atoms with Gasteiger partial charge in [0.2, 0.25) is 0 Å². The van der Waals surface area contributed by atoms with E-state index in [4.69, 9.17) is 32.7 Å². The molecule has 0 spiro atoms. The molecule has 0 saturated heterocycles. The fourth-order valence-electron chi connectivity index (χ4n) is 3.38. The Kier molecular flexibility index (Phi) is 11.0. The fraction of sp³-hybridized carbons (Fsp3) is 0.276. The SMILES string of the molecule is CC(C)COc1ccccc1/C=N\NC(=O)[C@@H](Cc1ccccc1)NC(=O)[C@@H](C)Oc1ccc(Cl)cc1Cl. The largest absolute Gasteiger partial charge is 0.493 e. The van der Waals surface area contributed by atoms with Crippen LogP contribution < -0.4 is 20.2 Å². The monoisotopic (exact) mass is 555 g/mol. The highest BCUT2D eigenvalue weighted by atomic mass is 35.5. The van der Waals surface area contributed by atoms with Crippen LogP contribution in [0.15, 0.2) is 77.9 Å². The van der Waals surface area contributed by atoms with E-state index in [0.717, 1.165) is 11.1 Å². The van der Waals surface area contributed by atoms with Crippen LogP contribution in [0.5, 0.6) is 11.5 Å². The summed E-state index contributed by atoms with van der Waals surface area (Å²) in [6.45, 7) is 6.26. The molecule has 9 heteroatoms. The minimum Gasteiger partial charge on any atom is -0.493 e. The summed E-state index contributed by atoms with van der Waals surface area (Å²) < 4.78 is 11.5. The molecule has 0 aromatic heterocycles. The van der Waals surface area contributed by atoms with Gasteiger partial charge in [-0.15, -0.1) is 0 Å². The Morgan fingerprint density at radius 3 is 2.34 bits per heavy atom. The maximum Gasteiger partial charge on any atom is 0.262 e. The number of hydrogen-bond donors (Lipinski definition) is 2. The zero-order chi connectivity index (χ0) is 27.5. The molecule has 0 aliphatic heterocycles. The first-order valence-corrected chi connectivity index (χ1v) is 13.0. The first-order valence-electron chi connectivity index (χ1n) is 12.2. The van der Waals surface area contributed by atoms with E-state index in [-0.39, 0.29) is 11.4 Å². The average molecular weight is 556 g/mol. The molecule has 3 aromatic carbocycles. The molecule has 3 aromatic rings. The van der Waals surface area contributed by atoms with Gasteiger partial charge < -0.3 is 14.8 Å². The van der Waals surface area contributed by atoms with E-state index >= 15 is 0 Å². The molecule has 0 heterocycles. The molecule has 0 saturated carbocycles. The average Bonchev–Trinajstić information content (AvgIpc) is 2.89. The number of halogens is 2. The summed E-state index contributed by atoms with van der Waals surface area (Å²) in [6.07, 6.45) is 0.855. The normalized spacial score (nSPS) is 12.7. The molecule has 0 aliphatic carbocycles. The number of carbonyl (C=O) groups is 2. The molecule has 0 aliphatic rings. The maximum absolute atomic E-state index is 13.1. The van der Waals surface area contributed by atoms with Gasteiger partial charge in [-0.3, -0.25) is 9.59 Å². The molecule has 2 atom stereocenters. The van der Waals surface area contributed by atoms with Crippen molar-refractivity contribution >= 4 is 41.2 Å². The molecule has 0 radical (unpaired) electrons. The van der Waals surface area contributed by atoms with Crippen LogP contribution in [-0.4, -0.2) is 36.8 Å². The van der Waals surface area contributed by atoms with Crippen molar-refractivity contribution in [3.8, 4) is 11.5 Å². The van der Waals surface area contributed by atoms with Gasteiger partial charge in [-0.1, -0.05) is 79.5 Å². The summed E-state index contributed by atoms with van der Waals surface area (Å²) in [5.41, 5.74) is 4.13. The number of nitrogens with zero attached hydrogens (tertiary/aromatic N) is 1. The lowest BCUT2D eigenvalue weighted by atomic mass is 10.1. The van der Waals surface area contributed by atoms with Gasteiger partial charge in [-0.2, -0.15) is 5.10 Å². The molecule has 0 fully saturated rings. The third-order valence-electron chi connectivity index (χ3n) is 5.35. The second kappa shape index (κ2) is 14.4. The van der Waals surface area contributed by atoms with Crippen LogP contribution in [0.25, 0.3) is 0 Å². The van der Waals surface area contributed by atoms with Gasteiger partial charge in [-0.05, 0) is 48.7 Å². The summed E-state index contributed by atoms with van der Waals surface area (Å²) in [7, 11) is 0. The Labute approximate surface area is 233 Å². The number of para-hydroxylation sites is 1. The number of rotatable bonds is 12. The first kappa shape index (κ1) is 29.0. The van der Waals surface area contributed by atoms with Gasteiger partial charge >= 0.3 is 0 Å². The highest BCUT2D eigenvalue weighted by Gasteiger charge is 2.25. The van der Waals surface area contributed by atoms with Crippen molar-refractivity contribution in [3.05, 3.63) is 94.0 Å². The van der Waals surface area contributed by atoms with E-state index in [2.05, 4.69) is 29.7 Å². The second-order valence-corrected chi connectivity index (χ2v) is 9.91. The third-order valence-corrected chi connectivity index (χ3v) is 5.88. The van der Waals surface area contributed by atoms with Gasteiger partial charge in [0.25, 0.3) is 11.8 Å². The molecule has 7 nitrogen and oxygen atoms in total. The molecule has 200 valence electrons. The summed E-state index contributed by atoms with van der Waals surface area (Å²) in [4.78, 5) is 26.1. The standard InChI is InChI=1S/C29H31Cl2N3O4/c1-19(2)18-37-26-12-8-7-11-22(26)17-32-34-29(36)25(15-21-9-5-4-6-10-21)33-28(35)20(3)38-27-14-13-23(30)16-24(27)31/h4-14,16-17,19-20,25H,15,18H2,1-3H3,(H,33,35)(H,34,36)/b32-17-/t20-,25-/m1/s1. The van der Waals surface area contributed by atoms with Gasteiger partial charge in [0, 0.05) is 17.0 Å². The van der Waals surface area contributed by atoms with Gasteiger partial charge in [-0.25, -0.2) is 5.43 Å². The Morgan fingerprint density at radius 1 is 0.921 bits per heavy atom. The second-order valence-electron chi connectivity index (χ2n) is 9.06. The Hall–Kier alpha value is -3.55. The van der Waals surface area contributed by atoms with Crippen LogP contribution in [0.4, 0.5) is 0 Å². The molecular weight excluding hydrogens is 525 g/mol. The van der Waals surface area contributed by atoms with Crippen molar-refractivity contribution in [1.29, 1.82) is 0 Å². The molecule has 38 heavy (non-hydrogen) atoms. The van der Waals surface area contributed by atoms with Crippen molar-refractivity contribution < 1.29 is 19.1 Å². The Bertz CT molecular complexity index is 1250. The highest BCUT2D eigenvalue weighted by molar-refractivity contribution is 6.35.